The first-order chi connectivity index (χ1) is 8.49. The van der Waals surface area contributed by atoms with E-state index < -0.39 is 5.92 Å². The van der Waals surface area contributed by atoms with Crippen LogP contribution >= 0.6 is 0 Å². The van der Waals surface area contributed by atoms with Gasteiger partial charge in [0.1, 0.15) is 0 Å². The Labute approximate surface area is 107 Å². The van der Waals surface area contributed by atoms with Crippen LogP contribution in [0.2, 0.25) is 0 Å². The van der Waals surface area contributed by atoms with Crippen molar-refractivity contribution in [2.24, 2.45) is 5.41 Å². The molecule has 1 N–H and O–H groups in total. The summed E-state index contributed by atoms with van der Waals surface area (Å²) in [5, 5.41) is 3.33. The van der Waals surface area contributed by atoms with E-state index in [1.54, 1.807) is 12.1 Å². The molecule has 1 saturated heterocycles. The smallest absolute Gasteiger partial charge is 0.270 e. The van der Waals surface area contributed by atoms with E-state index in [-0.39, 0.29) is 5.56 Å². The summed E-state index contributed by atoms with van der Waals surface area (Å²) in [5.41, 5.74) is 1.71. The van der Waals surface area contributed by atoms with Gasteiger partial charge < -0.3 is 5.32 Å². The van der Waals surface area contributed by atoms with Gasteiger partial charge in [-0.1, -0.05) is 18.2 Å². The average molecular weight is 251 g/mol. The van der Waals surface area contributed by atoms with Crippen molar-refractivity contribution in [2.45, 2.75) is 38.0 Å². The molecule has 0 aromatic heterocycles. The Hall–Kier alpha value is -0.960. The third kappa shape index (κ3) is 2.05. The fourth-order valence-electron chi connectivity index (χ4n) is 3.36. The zero-order valence-electron chi connectivity index (χ0n) is 10.7. The van der Waals surface area contributed by atoms with Crippen LogP contribution in [-0.2, 0) is 5.92 Å². The first-order valence-corrected chi connectivity index (χ1v) is 6.68. The van der Waals surface area contributed by atoms with Gasteiger partial charge in [0.2, 0.25) is 0 Å². The minimum Gasteiger partial charge on any atom is -0.316 e. The number of rotatable bonds is 2. The summed E-state index contributed by atoms with van der Waals surface area (Å²) in [6, 6.07) is 7.01. The maximum absolute atomic E-state index is 13.3. The van der Waals surface area contributed by atoms with E-state index in [4.69, 9.17) is 0 Å². The molecule has 1 spiro atoms. The number of nitrogens with one attached hydrogen (secondary N) is 1. The van der Waals surface area contributed by atoms with Crippen LogP contribution in [-0.4, -0.2) is 13.1 Å². The van der Waals surface area contributed by atoms with Crippen LogP contribution in [0.25, 0.3) is 0 Å². The zero-order chi connectivity index (χ0) is 12.8. The monoisotopic (exact) mass is 251 g/mol. The minimum atomic E-state index is -2.73. The molecule has 98 valence electrons. The van der Waals surface area contributed by atoms with E-state index in [1.165, 1.54) is 12.5 Å². The van der Waals surface area contributed by atoms with E-state index in [0.717, 1.165) is 38.4 Å². The van der Waals surface area contributed by atoms with Gasteiger partial charge >= 0.3 is 0 Å². The second-order valence-corrected chi connectivity index (χ2v) is 6.06. The number of halogens is 2. The molecule has 3 rings (SSSR count). The molecule has 2 aliphatic rings. The van der Waals surface area contributed by atoms with Gasteiger partial charge in [-0.2, -0.15) is 0 Å². The Morgan fingerprint density at radius 1 is 1.33 bits per heavy atom. The molecule has 1 aliphatic carbocycles. The molecule has 3 heteroatoms. The highest BCUT2D eigenvalue weighted by Gasteiger charge is 2.44. The molecule has 0 amide bonds. The molecular weight excluding hydrogens is 232 g/mol. The predicted octanol–water partition coefficient (Wildman–Crippen LogP) is 3.66. The first-order valence-electron chi connectivity index (χ1n) is 6.68. The molecule has 1 atom stereocenters. The summed E-state index contributed by atoms with van der Waals surface area (Å²) >= 11 is 0. The highest BCUT2D eigenvalue weighted by molar-refractivity contribution is 5.30. The largest absolute Gasteiger partial charge is 0.316 e. The van der Waals surface area contributed by atoms with Crippen molar-refractivity contribution < 1.29 is 8.78 Å². The van der Waals surface area contributed by atoms with Crippen LogP contribution in [0.5, 0.6) is 0 Å². The van der Waals surface area contributed by atoms with Crippen LogP contribution in [0.3, 0.4) is 0 Å². The van der Waals surface area contributed by atoms with Crippen LogP contribution in [0.15, 0.2) is 24.3 Å². The predicted molar refractivity (Wildman–Crippen MR) is 67.9 cm³/mol. The third-order valence-corrected chi connectivity index (χ3v) is 4.57. The Morgan fingerprint density at radius 2 is 2.11 bits per heavy atom. The van der Waals surface area contributed by atoms with E-state index in [1.807, 2.05) is 6.07 Å². The SMILES string of the molecule is CC(F)(F)c1cccc([C@@H]2CCC3(CNC3)C2)c1. The maximum atomic E-state index is 13.3. The standard InChI is InChI=1S/C15H19F2N/c1-14(16,17)13-4-2-3-11(7-13)12-5-6-15(8-12)9-18-10-15/h2-4,7,12,18H,5-6,8-10H2,1H3/t12-/m1/s1. The van der Waals surface area contributed by atoms with Crippen molar-refractivity contribution in [2.75, 3.05) is 13.1 Å². The van der Waals surface area contributed by atoms with Crippen molar-refractivity contribution in [3.63, 3.8) is 0 Å². The Bertz CT molecular complexity index is 446. The molecule has 1 aromatic carbocycles. The number of hydrogen-bond donors (Lipinski definition) is 1. The normalized spacial score (nSPS) is 26.3. The molecule has 0 radical (unpaired) electrons. The zero-order valence-corrected chi connectivity index (χ0v) is 10.7. The lowest BCUT2D eigenvalue weighted by molar-refractivity contribution is 0.0174. The van der Waals surface area contributed by atoms with E-state index in [2.05, 4.69) is 5.32 Å². The van der Waals surface area contributed by atoms with Gasteiger partial charge in [0.15, 0.2) is 0 Å². The van der Waals surface area contributed by atoms with Crippen molar-refractivity contribution >= 4 is 0 Å². The number of alkyl halides is 2. The maximum Gasteiger partial charge on any atom is 0.270 e. The van der Waals surface area contributed by atoms with Crippen LogP contribution in [0.1, 0.15) is 43.2 Å². The summed E-state index contributed by atoms with van der Waals surface area (Å²) in [4.78, 5) is 0. The molecule has 1 heterocycles. The van der Waals surface area contributed by atoms with E-state index >= 15 is 0 Å². The highest BCUT2D eigenvalue weighted by Crippen LogP contribution is 2.49. The van der Waals surface area contributed by atoms with E-state index in [0.29, 0.717) is 11.3 Å². The second kappa shape index (κ2) is 4.02. The van der Waals surface area contributed by atoms with Crippen molar-refractivity contribution in [1.82, 2.24) is 5.32 Å². The molecule has 1 aromatic rings. The minimum absolute atomic E-state index is 0.146. The van der Waals surface area contributed by atoms with Gasteiger partial charge in [-0.05, 0) is 42.2 Å². The quantitative estimate of drug-likeness (QED) is 0.846. The third-order valence-electron chi connectivity index (χ3n) is 4.57. The Kier molecular flexibility index (Phi) is 2.70. The second-order valence-electron chi connectivity index (χ2n) is 6.06. The highest BCUT2D eigenvalue weighted by atomic mass is 19.3. The topological polar surface area (TPSA) is 12.0 Å². The summed E-state index contributed by atoms with van der Waals surface area (Å²) in [6.07, 6.45) is 3.52. The lowest BCUT2D eigenvalue weighted by Crippen LogP contribution is -2.51. The van der Waals surface area contributed by atoms with Gasteiger partial charge in [-0.3, -0.25) is 0 Å². The number of benzene rings is 1. The van der Waals surface area contributed by atoms with Gasteiger partial charge in [0, 0.05) is 25.6 Å². The average Bonchev–Trinajstić information content (AvgIpc) is 2.73. The van der Waals surface area contributed by atoms with Crippen LogP contribution in [0, 0.1) is 5.41 Å². The summed E-state index contributed by atoms with van der Waals surface area (Å²) in [7, 11) is 0. The lowest BCUT2D eigenvalue weighted by atomic mass is 9.79. The molecule has 2 fully saturated rings. The Morgan fingerprint density at radius 3 is 2.67 bits per heavy atom. The molecular formula is C15H19F2N. The molecule has 1 saturated carbocycles. The summed E-state index contributed by atoms with van der Waals surface area (Å²) < 4.78 is 26.7. The molecule has 1 nitrogen and oxygen atoms in total. The van der Waals surface area contributed by atoms with Gasteiger partial charge in [0.25, 0.3) is 5.92 Å². The van der Waals surface area contributed by atoms with Gasteiger partial charge in [0.05, 0.1) is 0 Å². The molecule has 0 bridgehead atoms. The Balaban J connectivity index is 1.81. The van der Waals surface area contributed by atoms with Crippen molar-refractivity contribution in [3.05, 3.63) is 35.4 Å². The van der Waals surface area contributed by atoms with Crippen molar-refractivity contribution in [3.8, 4) is 0 Å². The van der Waals surface area contributed by atoms with Gasteiger partial charge in [-0.15, -0.1) is 0 Å². The van der Waals surface area contributed by atoms with Crippen LogP contribution < -0.4 is 5.32 Å². The fraction of sp³-hybridized carbons (Fsp3) is 0.600. The van der Waals surface area contributed by atoms with Crippen LogP contribution in [0.4, 0.5) is 8.78 Å². The lowest BCUT2D eigenvalue weighted by Gasteiger charge is -2.39. The van der Waals surface area contributed by atoms with Gasteiger partial charge in [-0.25, -0.2) is 8.78 Å². The van der Waals surface area contributed by atoms with Crippen molar-refractivity contribution in [1.29, 1.82) is 0 Å². The first kappa shape index (κ1) is 12.1. The molecule has 0 unspecified atom stereocenters. The van der Waals surface area contributed by atoms with E-state index in [9.17, 15) is 8.78 Å². The summed E-state index contributed by atoms with van der Waals surface area (Å²) in [6.45, 7) is 3.18. The fourth-order valence-corrected chi connectivity index (χ4v) is 3.36. The number of hydrogen-bond acceptors (Lipinski definition) is 1. The summed E-state index contributed by atoms with van der Waals surface area (Å²) in [5.74, 6) is -2.26. The molecule has 18 heavy (non-hydrogen) atoms. The molecule has 1 aliphatic heterocycles.